The van der Waals surface area contributed by atoms with Crippen LogP contribution in [0.15, 0.2) is 42.6 Å². The highest BCUT2D eigenvalue weighted by molar-refractivity contribution is 7.16. The summed E-state index contributed by atoms with van der Waals surface area (Å²) in [5, 5.41) is 13.8. The summed E-state index contributed by atoms with van der Waals surface area (Å²) in [7, 11) is 0. The largest absolute Gasteiger partial charge is 0.478 e. The predicted octanol–water partition coefficient (Wildman–Crippen LogP) is 4.73. The van der Waals surface area contributed by atoms with Crippen LogP contribution >= 0.6 is 11.3 Å². The number of hydrazine groups is 1. The highest BCUT2D eigenvalue weighted by Gasteiger charge is 2.32. The molecular weight excluding hydrogens is 396 g/mol. The van der Waals surface area contributed by atoms with Crippen molar-refractivity contribution in [2.24, 2.45) is 11.3 Å². The number of benzene rings is 1. The summed E-state index contributed by atoms with van der Waals surface area (Å²) in [5.74, 6) is 5.24. The third-order valence-corrected chi connectivity index (χ3v) is 6.82. The first kappa shape index (κ1) is 20.5. The predicted molar refractivity (Wildman–Crippen MR) is 121 cm³/mol. The number of aromatic nitrogens is 1. The van der Waals surface area contributed by atoms with Crippen LogP contribution in [0.2, 0.25) is 0 Å². The molecule has 0 radical (unpaired) electrons. The number of anilines is 2. The van der Waals surface area contributed by atoms with E-state index in [1.54, 1.807) is 17.5 Å². The minimum atomic E-state index is -0.882. The second-order valence-corrected chi connectivity index (χ2v) is 9.55. The van der Waals surface area contributed by atoms with Crippen LogP contribution in [0.25, 0.3) is 11.1 Å². The number of nitrogens with zero attached hydrogens (tertiary/aromatic N) is 1. The van der Waals surface area contributed by atoms with Gasteiger partial charge >= 0.3 is 5.97 Å². The second-order valence-electron chi connectivity index (χ2n) is 8.45. The number of aromatic carboxylic acids is 1. The van der Waals surface area contributed by atoms with Gasteiger partial charge in [0.2, 0.25) is 0 Å². The first-order valence-electron chi connectivity index (χ1n) is 10.0. The van der Waals surface area contributed by atoms with E-state index in [0.717, 1.165) is 41.5 Å². The number of nitrogens with two attached hydrogens (primary N) is 1. The van der Waals surface area contributed by atoms with Gasteiger partial charge in [-0.1, -0.05) is 38.1 Å². The molecular formula is C23H26N4O2S. The lowest BCUT2D eigenvalue weighted by Gasteiger charge is -2.29. The van der Waals surface area contributed by atoms with Crippen LogP contribution in [0, 0.1) is 5.41 Å². The number of hydrogen-bond donors (Lipinski definition) is 4. The molecule has 0 saturated carbocycles. The number of hydrogen-bond acceptors (Lipinski definition) is 6. The molecule has 3 aromatic rings. The van der Waals surface area contributed by atoms with E-state index in [-0.39, 0.29) is 5.41 Å². The average Bonchev–Trinajstić information content (AvgIpc) is 3.05. The Morgan fingerprint density at radius 2 is 2.07 bits per heavy atom. The van der Waals surface area contributed by atoms with E-state index in [9.17, 15) is 9.90 Å². The summed E-state index contributed by atoms with van der Waals surface area (Å²) in [6.07, 6.45) is 4.59. The van der Waals surface area contributed by atoms with Crippen molar-refractivity contribution in [3.63, 3.8) is 0 Å². The second kappa shape index (κ2) is 8.18. The monoisotopic (exact) mass is 422 g/mol. The van der Waals surface area contributed by atoms with E-state index >= 15 is 0 Å². The number of carboxylic acids is 1. The van der Waals surface area contributed by atoms with E-state index in [0.29, 0.717) is 22.9 Å². The number of fused-ring (bicyclic) bond motifs is 1. The molecule has 0 bridgehead atoms. The molecule has 6 nitrogen and oxygen atoms in total. The minimum Gasteiger partial charge on any atom is -0.478 e. The summed E-state index contributed by atoms with van der Waals surface area (Å²) in [5.41, 5.74) is 7.33. The Morgan fingerprint density at radius 3 is 2.77 bits per heavy atom. The molecule has 2 aromatic heterocycles. The van der Waals surface area contributed by atoms with Crippen LogP contribution in [0.4, 0.5) is 10.8 Å². The van der Waals surface area contributed by atoms with Gasteiger partial charge in [0.05, 0.1) is 5.56 Å². The van der Waals surface area contributed by atoms with E-state index < -0.39 is 5.97 Å². The van der Waals surface area contributed by atoms with Gasteiger partial charge in [-0.25, -0.2) is 9.78 Å². The number of pyridine rings is 1. The van der Waals surface area contributed by atoms with Crippen LogP contribution < -0.4 is 16.6 Å². The van der Waals surface area contributed by atoms with Gasteiger partial charge in [-0.3, -0.25) is 11.3 Å². The zero-order valence-electron chi connectivity index (χ0n) is 17.2. The van der Waals surface area contributed by atoms with E-state index in [1.165, 1.54) is 4.88 Å². The van der Waals surface area contributed by atoms with Gasteiger partial charge in [0.1, 0.15) is 10.8 Å². The first-order valence-corrected chi connectivity index (χ1v) is 10.8. The topological polar surface area (TPSA) is 100 Å². The van der Waals surface area contributed by atoms with Crippen LogP contribution in [0.5, 0.6) is 0 Å². The lowest BCUT2D eigenvalue weighted by molar-refractivity contribution is 0.0696. The van der Waals surface area contributed by atoms with E-state index in [4.69, 9.17) is 5.84 Å². The Kier molecular flexibility index (Phi) is 5.60. The number of rotatable bonds is 6. The Hall–Kier alpha value is -2.74. The zero-order chi connectivity index (χ0) is 21.3. The van der Waals surface area contributed by atoms with E-state index in [1.807, 2.05) is 36.4 Å². The first-order chi connectivity index (χ1) is 14.4. The van der Waals surface area contributed by atoms with E-state index in [2.05, 4.69) is 29.6 Å². The van der Waals surface area contributed by atoms with Gasteiger partial charge < -0.3 is 10.4 Å². The molecule has 156 valence electrons. The van der Waals surface area contributed by atoms with Gasteiger partial charge in [0, 0.05) is 23.2 Å². The average molecular weight is 423 g/mol. The maximum atomic E-state index is 12.0. The lowest BCUT2D eigenvalue weighted by atomic mass is 9.76. The van der Waals surface area contributed by atoms with Gasteiger partial charge in [-0.15, -0.1) is 11.3 Å². The SMILES string of the molecule is CC1(C)CCc2sc(Nc3ccc(-c4ccccc4CNN)cn3)c(C(=O)O)c2C1. The number of carboxylic acid groups (broad SMARTS) is 1. The summed E-state index contributed by atoms with van der Waals surface area (Å²) < 4.78 is 0. The molecule has 1 aliphatic rings. The van der Waals surface area contributed by atoms with Crippen LogP contribution in [-0.4, -0.2) is 16.1 Å². The van der Waals surface area contributed by atoms with Crippen molar-refractivity contribution in [3.8, 4) is 11.1 Å². The number of nitrogens with one attached hydrogen (secondary N) is 2. The molecule has 5 N–H and O–H groups in total. The molecule has 0 atom stereocenters. The quantitative estimate of drug-likeness (QED) is 0.338. The van der Waals surface area contributed by atoms with Crippen molar-refractivity contribution in [1.29, 1.82) is 0 Å². The van der Waals surface area contributed by atoms with Crippen molar-refractivity contribution in [2.45, 2.75) is 39.7 Å². The molecule has 0 amide bonds. The Labute approximate surface area is 180 Å². The molecule has 0 aliphatic heterocycles. The molecule has 4 rings (SSSR count). The lowest BCUT2D eigenvalue weighted by Crippen LogP contribution is -2.22. The molecule has 0 fully saturated rings. The summed E-state index contributed by atoms with van der Waals surface area (Å²) in [6, 6.07) is 11.9. The standard InChI is InChI=1S/C23H26N4O2S/c1-23(2)10-9-18-17(11-23)20(22(28)29)21(30-18)27-19-8-7-15(12-25-19)16-6-4-3-5-14(16)13-26-24/h3-8,12,26H,9-11,13,24H2,1-2H3,(H,25,27)(H,28,29). The van der Waals surface area contributed by atoms with Crippen LogP contribution in [0.1, 0.15) is 46.6 Å². The molecule has 0 saturated heterocycles. The zero-order valence-corrected chi connectivity index (χ0v) is 18.0. The Bertz CT molecular complexity index is 1070. The van der Waals surface area contributed by atoms with Crippen LogP contribution in [0.3, 0.4) is 0 Å². The minimum absolute atomic E-state index is 0.126. The van der Waals surface area contributed by atoms with Crippen molar-refractivity contribution in [1.82, 2.24) is 10.4 Å². The fraction of sp³-hybridized carbons (Fsp3) is 0.304. The fourth-order valence-corrected chi connectivity index (χ4v) is 5.26. The van der Waals surface area contributed by atoms with Crippen molar-refractivity contribution in [2.75, 3.05) is 5.32 Å². The van der Waals surface area contributed by atoms with Gasteiger partial charge in [-0.05, 0) is 53.5 Å². The highest BCUT2D eigenvalue weighted by atomic mass is 32.1. The van der Waals surface area contributed by atoms with Crippen LogP contribution in [-0.2, 0) is 19.4 Å². The smallest absolute Gasteiger partial charge is 0.339 e. The summed E-state index contributed by atoms with van der Waals surface area (Å²) >= 11 is 1.54. The van der Waals surface area contributed by atoms with Gasteiger partial charge in [0.15, 0.2) is 0 Å². The molecule has 0 unspecified atom stereocenters. The number of thiophene rings is 1. The van der Waals surface area contributed by atoms with Crippen molar-refractivity contribution < 1.29 is 9.90 Å². The Morgan fingerprint density at radius 1 is 1.27 bits per heavy atom. The van der Waals surface area contributed by atoms with Crippen molar-refractivity contribution >= 4 is 28.1 Å². The number of carbonyl (C=O) groups is 1. The molecule has 0 spiro atoms. The normalized spacial score (nSPS) is 14.9. The third-order valence-electron chi connectivity index (χ3n) is 5.61. The molecule has 30 heavy (non-hydrogen) atoms. The van der Waals surface area contributed by atoms with Crippen molar-refractivity contribution in [3.05, 3.63) is 64.2 Å². The summed E-state index contributed by atoms with van der Waals surface area (Å²) in [6.45, 7) is 4.96. The number of aryl methyl sites for hydroxylation is 1. The molecule has 7 heteroatoms. The highest BCUT2D eigenvalue weighted by Crippen LogP contribution is 2.44. The molecule has 1 aromatic carbocycles. The maximum absolute atomic E-state index is 12.0. The molecule has 2 heterocycles. The molecule has 1 aliphatic carbocycles. The maximum Gasteiger partial charge on any atom is 0.339 e. The van der Waals surface area contributed by atoms with Gasteiger partial charge in [0.25, 0.3) is 0 Å². The summed E-state index contributed by atoms with van der Waals surface area (Å²) in [4.78, 5) is 17.7. The third kappa shape index (κ3) is 4.09. The Balaban J connectivity index is 1.62. The van der Waals surface area contributed by atoms with Gasteiger partial charge in [-0.2, -0.15) is 0 Å². The fourth-order valence-electron chi connectivity index (χ4n) is 4.04.